The monoisotopic (exact) mass is 365 g/mol. The Hall–Kier alpha value is -2.05. The number of hydrogen-bond acceptors (Lipinski definition) is 5. The van der Waals surface area contributed by atoms with Crippen molar-refractivity contribution in [2.24, 2.45) is 0 Å². The Morgan fingerprint density at radius 1 is 1.26 bits per heavy atom. The molecular formula is C21H24BNO4. The van der Waals surface area contributed by atoms with Gasteiger partial charge in [-0.3, -0.25) is 4.98 Å². The molecule has 0 bridgehead atoms. The topological polar surface area (TPSA) is 60.8 Å². The van der Waals surface area contributed by atoms with Crippen LogP contribution in [0, 0.1) is 0 Å². The highest BCUT2D eigenvalue weighted by atomic mass is 16.5. The summed E-state index contributed by atoms with van der Waals surface area (Å²) < 4.78 is 17.4. The molecule has 27 heavy (non-hydrogen) atoms. The zero-order valence-corrected chi connectivity index (χ0v) is 15.6. The summed E-state index contributed by atoms with van der Waals surface area (Å²) >= 11 is 0. The molecule has 0 amide bonds. The molecule has 6 heteroatoms. The van der Waals surface area contributed by atoms with E-state index in [-0.39, 0.29) is 11.5 Å². The van der Waals surface area contributed by atoms with Crippen molar-refractivity contribution < 1.29 is 19.2 Å². The van der Waals surface area contributed by atoms with Gasteiger partial charge in [-0.15, -0.1) is 0 Å². The molecular weight excluding hydrogens is 341 g/mol. The third-order valence-electron chi connectivity index (χ3n) is 6.29. The summed E-state index contributed by atoms with van der Waals surface area (Å²) in [5.74, 6) is 1.91. The summed E-state index contributed by atoms with van der Waals surface area (Å²) in [6.45, 7) is 0.541. The molecule has 1 aliphatic carbocycles. The predicted molar refractivity (Wildman–Crippen MR) is 103 cm³/mol. The van der Waals surface area contributed by atoms with Crippen LogP contribution in [0.5, 0.6) is 11.5 Å². The zero-order valence-electron chi connectivity index (χ0n) is 15.6. The predicted octanol–water partition coefficient (Wildman–Crippen LogP) is 3.60. The van der Waals surface area contributed by atoms with Gasteiger partial charge in [0.2, 0.25) is 0 Å². The first-order valence-corrected chi connectivity index (χ1v) is 9.81. The average Bonchev–Trinajstić information content (AvgIpc) is 3.41. The van der Waals surface area contributed by atoms with Gasteiger partial charge >= 0.3 is 7.12 Å². The minimum absolute atomic E-state index is 0.0554. The molecule has 1 saturated carbocycles. The Bertz CT molecular complexity index is 865. The number of ether oxygens (including phenoxy) is 2. The van der Waals surface area contributed by atoms with Crippen LogP contribution >= 0.6 is 0 Å². The maximum absolute atomic E-state index is 9.68. The second-order valence-corrected chi connectivity index (χ2v) is 8.02. The Kier molecular flexibility index (Phi) is 4.13. The van der Waals surface area contributed by atoms with Gasteiger partial charge in [-0.1, -0.05) is 6.07 Å². The van der Waals surface area contributed by atoms with E-state index in [1.54, 1.807) is 7.11 Å². The Morgan fingerprint density at radius 3 is 2.85 bits per heavy atom. The number of fused-ring (bicyclic) bond motifs is 1. The van der Waals surface area contributed by atoms with Crippen molar-refractivity contribution in [1.82, 2.24) is 4.98 Å². The summed E-state index contributed by atoms with van der Waals surface area (Å²) in [6, 6.07) is 6.30. The largest absolute Gasteiger partial charge is 0.493 e. The molecule has 1 unspecified atom stereocenters. The van der Waals surface area contributed by atoms with Crippen molar-refractivity contribution in [3.05, 3.63) is 41.7 Å². The van der Waals surface area contributed by atoms with E-state index >= 15 is 0 Å². The number of methoxy groups -OCH3 is 1. The Morgan fingerprint density at radius 2 is 2.11 bits per heavy atom. The molecule has 2 aromatic rings. The highest BCUT2D eigenvalue weighted by Crippen LogP contribution is 2.51. The second kappa shape index (κ2) is 6.53. The van der Waals surface area contributed by atoms with Gasteiger partial charge in [0, 0.05) is 42.5 Å². The minimum atomic E-state index is -0.667. The quantitative estimate of drug-likeness (QED) is 0.843. The summed E-state index contributed by atoms with van der Waals surface area (Å²) in [5.41, 5.74) is 4.55. The van der Waals surface area contributed by atoms with E-state index in [1.807, 2.05) is 18.5 Å². The van der Waals surface area contributed by atoms with Crippen LogP contribution < -0.4 is 9.47 Å². The first-order chi connectivity index (χ1) is 13.2. The van der Waals surface area contributed by atoms with E-state index in [0.717, 1.165) is 41.9 Å². The molecule has 140 valence electrons. The van der Waals surface area contributed by atoms with Gasteiger partial charge in [-0.2, -0.15) is 0 Å². The van der Waals surface area contributed by atoms with Gasteiger partial charge in [0.1, 0.15) is 5.60 Å². The minimum Gasteiger partial charge on any atom is -0.493 e. The molecule has 1 aromatic carbocycles. The highest BCUT2D eigenvalue weighted by molar-refractivity contribution is 6.43. The lowest BCUT2D eigenvalue weighted by Crippen LogP contribution is -2.30. The van der Waals surface area contributed by atoms with Crippen molar-refractivity contribution in [1.29, 1.82) is 0 Å². The zero-order chi connectivity index (χ0) is 18.4. The number of hydrogen-bond donors (Lipinski definition) is 1. The van der Waals surface area contributed by atoms with Crippen LogP contribution in [0.4, 0.5) is 0 Å². The Labute approximate surface area is 159 Å². The van der Waals surface area contributed by atoms with E-state index in [1.165, 1.54) is 24.0 Å². The van der Waals surface area contributed by atoms with E-state index in [9.17, 15) is 5.02 Å². The summed E-state index contributed by atoms with van der Waals surface area (Å²) in [4.78, 5) is 4.48. The van der Waals surface area contributed by atoms with Crippen LogP contribution in [0.1, 0.15) is 42.7 Å². The summed E-state index contributed by atoms with van der Waals surface area (Å²) in [7, 11) is 1.03. The highest BCUT2D eigenvalue weighted by Gasteiger charge is 2.44. The first-order valence-electron chi connectivity index (χ1n) is 9.81. The van der Waals surface area contributed by atoms with Crippen LogP contribution in [-0.4, -0.2) is 36.4 Å². The molecule has 1 spiro atoms. The number of pyridine rings is 1. The molecule has 1 N–H and O–H groups in total. The summed E-state index contributed by atoms with van der Waals surface area (Å²) in [6.07, 6.45) is 10.0. The molecule has 5 nitrogen and oxygen atoms in total. The van der Waals surface area contributed by atoms with Crippen molar-refractivity contribution in [3.63, 3.8) is 0 Å². The fraction of sp³-hybridized carbons (Fsp3) is 0.476. The van der Waals surface area contributed by atoms with E-state index < -0.39 is 7.12 Å². The van der Waals surface area contributed by atoms with Gasteiger partial charge in [-0.05, 0) is 55.3 Å². The van der Waals surface area contributed by atoms with E-state index in [4.69, 9.17) is 14.1 Å². The number of nitrogens with zero attached hydrogens (tertiary/aromatic N) is 1. The fourth-order valence-electron chi connectivity index (χ4n) is 4.87. The molecule has 3 aliphatic rings. The molecule has 0 radical (unpaired) electrons. The summed E-state index contributed by atoms with van der Waals surface area (Å²) in [5, 5.41) is 9.68. The fourth-order valence-corrected chi connectivity index (χ4v) is 4.87. The molecule has 5 rings (SSSR count). The smallest absolute Gasteiger partial charge is 0.454 e. The molecule has 1 atom stereocenters. The molecule has 3 heterocycles. The average molecular weight is 365 g/mol. The molecule has 1 aromatic heterocycles. The van der Waals surface area contributed by atoms with Crippen molar-refractivity contribution in [3.8, 4) is 22.6 Å². The van der Waals surface area contributed by atoms with Crippen LogP contribution in [0.15, 0.2) is 30.6 Å². The van der Waals surface area contributed by atoms with Crippen molar-refractivity contribution in [2.45, 2.75) is 49.9 Å². The van der Waals surface area contributed by atoms with E-state index in [0.29, 0.717) is 12.9 Å². The standard InChI is InChI=1S/C21H24BNO4/c1-25-19-5-4-17(18-9-21(27-20(18)19)6-2-3-7-21)15-8-14(11-23-12-15)16-10-22(24)26-13-16/h4-5,8,11-12,16,24H,2-3,6-7,9-10,13H2,1H3. The van der Waals surface area contributed by atoms with Gasteiger partial charge < -0.3 is 19.2 Å². The molecule has 1 saturated heterocycles. The normalized spacial score (nSPS) is 22.9. The van der Waals surface area contributed by atoms with Gasteiger partial charge in [0.25, 0.3) is 0 Å². The Balaban J connectivity index is 1.54. The molecule has 2 aliphatic heterocycles. The third kappa shape index (κ3) is 2.91. The van der Waals surface area contributed by atoms with Crippen LogP contribution in [-0.2, 0) is 11.1 Å². The molecule has 2 fully saturated rings. The third-order valence-corrected chi connectivity index (χ3v) is 6.29. The number of aromatic nitrogens is 1. The lowest BCUT2D eigenvalue weighted by atomic mass is 9.79. The van der Waals surface area contributed by atoms with E-state index in [2.05, 4.69) is 17.1 Å². The second-order valence-electron chi connectivity index (χ2n) is 8.02. The van der Waals surface area contributed by atoms with Gasteiger partial charge in [0.15, 0.2) is 11.5 Å². The maximum atomic E-state index is 9.68. The van der Waals surface area contributed by atoms with Crippen molar-refractivity contribution in [2.75, 3.05) is 13.7 Å². The number of benzene rings is 1. The van der Waals surface area contributed by atoms with Gasteiger partial charge in [0.05, 0.1) is 7.11 Å². The first kappa shape index (κ1) is 17.1. The lowest BCUT2D eigenvalue weighted by Gasteiger charge is -2.22. The SMILES string of the molecule is COc1ccc(-c2cncc(C3COB(O)C3)c2)c2c1OC1(CCCC1)C2. The lowest BCUT2D eigenvalue weighted by molar-refractivity contribution is 0.0996. The van der Waals surface area contributed by atoms with Crippen molar-refractivity contribution >= 4 is 7.12 Å². The van der Waals surface area contributed by atoms with Crippen LogP contribution in [0.3, 0.4) is 0 Å². The van der Waals surface area contributed by atoms with Crippen LogP contribution in [0.2, 0.25) is 6.32 Å². The van der Waals surface area contributed by atoms with Gasteiger partial charge in [-0.25, -0.2) is 0 Å². The van der Waals surface area contributed by atoms with Crippen LogP contribution in [0.25, 0.3) is 11.1 Å². The maximum Gasteiger partial charge on any atom is 0.454 e. The number of rotatable bonds is 3.